The standard InChI is InChI=1S/C11H13F2NO5S/c12-11(13,7-15)6-14-20(16,17)9-3-1-2-8-10(9)19-5-4-18-8/h1-3,14-15H,4-7H2. The van der Waals surface area contributed by atoms with Crippen molar-refractivity contribution in [3.8, 4) is 11.5 Å². The van der Waals surface area contributed by atoms with Gasteiger partial charge in [-0.25, -0.2) is 21.9 Å². The summed E-state index contributed by atoms with van der Waals surface area (Å²) >= 11 is 0. The molecule has 1 aromatic carbocycles. The van der Waals surface area contributed by atoms with Crippen LogP contribution in [-0.2, 0) is 10.0 Å². The fourth-order valence-electron chi connectivity index (χ4n) is 1.59. The number of alkyl halides is 2. The number of rotatable bonds is 5. The van der Waals surface area contributed by atoms with Crippen molar-refractivity contribution < 1.29 is 31.8 Å². The molecule has 0 aliphatic carbocycles. The van der Waals surface area contributed by atoms with Gasteiger partial charge in [-0.05, 0) is 12.1 Å². The van der Waals surface area contributed by atoms with Crippen molar-refractivity contribution in [1.29, 1.82) is 0 Å². The van der Waals surface area contributed by atoms with E-state index in [1.165, 1.54) is 18.2 Å². The molecule has 0 radical (unpaired) electrons. The smallest absolute Gasteiger partial charge is 0.283 e. The van der Waals surface area contributed by atoms with Gasteiger partial charge in [0.15, 0.2) is 11.5 Å². The van der Waals surface area contributed by atoms with Gasteiger partial charge in [0.25, 0.3) is 5.92 Å². The Balaban J connectivity index is 2.26. The molecule has 1 heterocycles. The average molecular weight is 309 g/mol. The molecule has 2 rings (SSSR count). The molecule has 0 fully saturated rings. The lowest BCUT2D eigenvalue weighted by Gasteiger charge is -2.21. The molecular formula is C11H13F2NO5S. The van der Waals surface area contributed by atoms with E-state index in [-0.39, 0.29) is 29.6 Å². The van der Waals surface area contributed by atoms with Crippen molar-refractivity contribution in [3.63, 3.8) is 0 Å². The van der Waals surface area contributed by atoms with Gasteiger partial charge >= 0.3 is 0 Å². The second-order valence-electron chi connectivity index (χ2n) is 4.12. The second-order valence-corrected chi connectivity index (χ2v) is 5.85. The molecule has 0 bridgehead atoms. The maximum atomic E-state index is 12.9. The first-order chi connectivity index (χ1) is 9.36. The molecule has 1 aliphatic heterocycles. The Hall–Kier alpha value is -1.45. The van der Waals surface area contributed by atoms with Crippen LogP contribution in [0.25, 0.3) is 0 Å². The Kier molecular flexibility index (Phi) is 4.11. The quantitative estimate of drug-likeness (QED) is 0.820. The SMILES string of the molecule is O=S(=O)(NCC(F)(F)CO)c1cccc2c1OCCO2. The third-order valence-electron chi connectivity index (χ3n) is 2.57. The lowest BCUT2D eigenvalue weighted by atomic mass is 10.3. The number of hydrogen-bond donors (Lipinski definition) is 2. The molecule has 112 valence electrons. The fraction of sp³-hybridized carbons (Fsp3) is 0.455. The van der Waals surface area contributed by atoms with E-state index in [1.807, 2.05) is 0 Å². The number of sulfonamides is 1. The van der Waals surface area contributed by atoms with Crippen LogP contribution >= 0.6 is 0 Å². The predicted molar refractivity (Wildman–Crippen MR) is 64.7 cm³/mol. The molecular weight excluding hydrogens is 296 g/mol. The summed E-state index contributed by atoms with van der Waals surface area (Å²) < 4.78 is 62.0. The second kappa shape index (κ2) is 5.51. The summed E-state index contributed by atoms with van der Waals surface area (Å²) in [4.78, 5) is -0.275. The largest absolute Gasteiger partial charge is 0.486 e. The average Bonchev–Trinajstić information content (AvgIpc) is 2.45. The number of ether oxygens (including phenoxy) is 2. The summed E-state index contributed by atoms with van der Waals surface area (Å²) in [6.45, 7) is -2.18. The maximum Gasteiger partial charge on any atom is 0.283 e. The van der Waals surface area contributed by atoms with Gasteiger partial charge in [-0.2, -0.15) is 0 Å². The molecule has 0 saturated carbocycles. The van der Waals surface area contributed by atoms with Crippen molar-refractivity contribution in [1.82, 2.24) is 4.72 Å². The van der Waals surface area contributed by atoms with E-state index in [0.29, 0.717) is 0 Å². The Morgan fingerprint density at radius 2 is 2.00 bits per heavy atom. The predicted octanol–water partition coefficient (Wildman–Crippen LogP) is 0.364. The van der Waals surface area contributed by atoms with Crippen molar-refractivity contribution in [2.75, 3.05) is 26.4 Å². The minimum Gasteiger partial charge on any atom is -0.486 e. The number of fused-ring (bicyclic) bond motifs is 1. The number of aliphatic hydroxyl groups is 1. The number of aliphatic hydroxyl groups excluding tert-OH is 1. The zero-order valence-electron chi connectivity index (χ0n) is 10.3. The van der Waals surface area contributed by atoms with E-state index in [1.54, 1.807) is 4.72 Å². The topological polar surface area (TPSA) is 84.9 Å². The van der Waals surface area contributed by atoms with Crippen LogP contribution < -0.4 is 14.2 Å². The first-order valence-electron chi connectivity index (χ1n) is 5.73. The van der Waals surface area contributed by atoms with E-state index in [0.717, 1.165) is 0 Å². The van der Waals surface area contributed by atoms with Crippen LogP contribution in [0, 0.1) is 0 Å². The molecule has 20 heavy (non-hydrogen) atoms. The highest BCUT2D eigenvalue weighted by Crippen LogP contribution is 2.36. The highest BCUT2D eigenvalue weighted by Gasteiger charge is 2.32. The van der Waals surface area contributed by atoms with Crippen LogP contribution in [0.1, 0.15) is 0 Å². The summed E-state index contributed by atoms with van der Waals surface area (Å²) in [6.07, 6.45) is 0. The van der Waals surface area contributed by atoms with Gasteiger partial charge in [0.2, 0.25) is 10.0 Å². The third kappa shape index (κ3) is 3.17. The summed E-state index contributed by atoms with van der Waals surface area (Å²) in [7, 11) is -4.19. The molecule has 1 aromatic rings. The van der Waals surface area contributed by atoms with E-state index >= 15 is 0 Å². The van der Waals surface area contributed by atoms with Gasteiger partial charge in [-0.15, -0.1) is 0 Å². The van der Waals surface area contributed by atoms with Crippen LogP contribution in [0.15, 0.2) is 23.1 Å². The van der Waals surface area contributed by atoms with Crippen LogP contribution in [0.4, 0.5) is 8.78 Å². The molecule has 0 saturated heterocycles. The van der Waals surface area contributed by atoms with E-state index in [9.17, 15) is 17.2 Å². The number of nitrogens with one attached hydrogen (secondary N) is 1. The molecule has 0 atom stereocenters. The molecule has 0 amide bonds. The lowest BCUT2D eigenvalue weighted by Crippen LogP contribution is -2.39. The van der Waals surface area contributed by atoms with Gasteiger partial charge in [0.1, 0.15) is 24.7 Å². The Labute approximate surface area is 114 Å². The minimum atomic E-state index is -4.19. The first-order valence-corrected chi connectivity index (χ1v) is 7.21. The van der Waals surface area contributed by atoms with Crippen LogP contribution in [0.2, 0.25) is 0 Å². The highest BCUT2D eigenvalue weighted by molar-refractivity contribution is 7.89. The van der Waals surface area contributed by atoms with Crippen molar-refractivity contribution in [3.05, 3.63) is 18.2 Å². The Morgan fingerprint density at radius 1 is 1.30 bits per heavy atom. The van der Waals surface area contributed by atoms with Crippen LogP contribution in [0.5, 0.6) is 11.5 Å². The normalized spacial score (nSPS) is 15.2. The Morgan fingerprint density at radius 3 is 2.70 bits per heavy atom. The first kappa shape index (κ1) is 14.9. The number of para-hydroxylation sites is 1. The third-order valence-corrected chi connectivity index (χ3v) is 4.00. The number of hydrogen-bond acceptors (Lipinski definition) is 5. The number of halogens is 2. The Bertz CT molecular complexity index is 590. The fourth-order valence-corrected chi connectivity index (χ4v) is 2.81. The molecule has 6 nitrogen and oxygen atoms in total. The molecule has 0 spiro atoms. The van der Waals surface area contributed by atoms with Gasteiger partial charge in [0.05, 0.1) is 6.54 Å². The van der Waals surface area contributed by atoms with Gasteiger partial charge < -0.3 is 14.6 Å². The van der Waals surface area contributed by atoms with Crippen molar-refractivity contribution in [2.45, 2.75) is 10.8 Å². The van der Waals surface area contributed by atoms with Crippen LogP contribution in [0.3, 0.4) is 0 Å². The van der Waals surface area contributed by atoms with Gasteiger partial charge in [0, 0.05) is 0 Å². The van der Waals surface area contributed by atoms with Gasteiger partial charge in [-0.3, -0.25) is 0 Å². The zero-order valence-corrected chi connectivity index (χ0v) is 11.1. The van der Waals surface area contributed by atoms with E-state index in [4.69, 9.17) is 14.6 Å². The molecule has 9 heteroatoms. The van der Waals surface area contributed by atoms with Crippen LogP contribution in [-0.4, -0.2) is 45.8 Å². The minimum absolute atomic E-state index is 0.00133. The number of benzene rings is 1. The lowest BCUT2D eigenvalue weighted by molar-refractivity contribution is -0.0437. The molecule has 2 N–H and O–H groups in total. The van der Waals surface area contributed by atoms with E-state index in [2.05, 4.69) is 0 Å². The zero-order chi connectivity index (χ0) is 14.8. The summed E-state index contributed by atoms with van der Waals surface area (Å²) in [5.41, 5.74) is 0. The molecule has 1 aliphatic rings. The summed E-state index contributed by atoms with van der Waals surface area (Å²) in [5, 5.41) is 8.42. The molecule has 0 aromatic heterocycles. The van der Waals surface area contributed by atoms with Gasteiger partial charge in [-0.1, -0.05) is 6.07 Å². The molecule has 0 unspecified atom stereocenters. The summed E-state index contributed by atoms with van der Waals surface area (Å²) in [5.74, 6) is -3.29. The maximum absolute atomic E-state index is 12.9. The van der Waals surface area contributed by atoms with E-state index < -0.39 is 29.1 Å². The summed E-state index contributed by atoms with van der Waals surface area (Å²) in [6, 6.07) is 4.18. The van der Waals surface area contributed by atoms with Crippen molar-refractivity contribution >= 4 is 10.0 Å². The highest BCUT2D eigenvalue weighted by atomic mass is 32.2. The van der Waals surface area contributed by atoms with Crippen molar-refractivity contribution in [2.24, 2.45) is 0 Å². The monoisotopic (exact) mass is 309 g/mol.